The highest BCUT2D eigenvalue weighted by Crippen LogP contribution is 2.39. The molecule has 3 atom stereocenters. The standard InChI is InChI=1S/C30H41ClN8O3S/c1-30(21-9-11-22(31)12-10-21)29(40)38-15-5-4-8-25(38)24-18-27-33-26(37-16-13-23(32)20-37)19-28(39(27)34-24)35(2)14-6-7-17-43(41,42)36(30)3/h9-12,18-19,23,25H,4-8,13-17,20,32H2,1-3H3. The van der Waals surface area contributed by atoms with E-state index in [-0.39, 0.29) is 23.7 Å². The van der Waals surface area contributed by atoms with Gasteiger partial charge in [-0.25, -0.2) is 13.4 Å². The van der Waals surface area contributed by atoms with Crippen LogP contribution in [0.15, 0.2) is 36.4 Å². The summed E-state index contributed by atoms with van der Waals surface area (Å²) >= 11 is 6.21. The molecule has 0 radical (unpaired) electrons. The second kappa shape index (κ2) is 11.5. The van der Waals surface area contributed by atoms with E-state index in [2.05, 4.69) is 9.80 Å². The third-order valence-electron chi connectivity index (χ3n) is 9.47. The van der Waals surface area contributed by atoms with E-state index in [1.807, 2.05) is 28.6 Å². The summed E-state index contributed by atoms with van der Waals surface area (Å²) in [4.78, 5) is 25.9. The summed E-state index contributed by atoms with van der Waals surface area (Å²) in [6, 6.07) is 10.7. The van der Waals surface area contributed by atoms with E-state index in [4.69, 9.17) is 27.4 Å². The van der Waals surface area contributed by atoms with Crippen molar-refractivity contribution in [2.45, 2.75) is 63.1 Å². The van der Waals surface area contributed by atoms with Crippen molar-refractivity contribution < 1.29 is 13.2 Å². The Balaban J connectivity index is 1.50. The van der Waals surface area contributed by atoms with Crippen molar-refractivity contribution in [3.05, 3.63) is 52.7 Å². The lowest BCUT2D eigenvalue weighted by Crippen LogP contribution is -2.57. The van der Waals surface area contributed by atoms with Gasteiger partial charge in [-0.15, -0.1) is 0 Å². The Kier molecular flexibility index (Phi) is 8.08. The van der Waals surface area contributed by atoms with Crippen molar-refractivity contribution in [2.24, 2.45) is 5.73 Å². The highest BCUT2D eigenvalue weighted by atomic mass is 35.5. The lowest BCUT2D eigenvalue weighted by molar-refractivity contribution is -0.145. The zero-order chi connectivity index (χ0) is 30.5. The van der Waals surface area contributed by atoms with E-state index >= 15 is 0 Å². The number of rotatable bonds is 2. The number of amides is 1. The average Bonchev–Trinajstić information content (AvgIpc) is 3.63. The number of nitrogens with zero attached hydrogens (tertiary/aromatic N) is 7. The van der Waals surface area contributed by atoms with Gasteiger partial charge in [0.05, 0.1) is 17.5 Å². The number of fused-ring (bicyclic) bond motifs is 3. The second-order valence-electron chi connectivity index (χ2n) is 12.3. The topological polar surface area (TPSA) is 120 Å². The molecular weight excluding hydrogens is 588 g/mol. The van der Waals surface area contributed by atoms with Crippen LogP contribution in [0.1, 0.15) is 62.7 Å². The minimum absolute atomic E-state index is 0.0642. The van der Waals surface area contributed by atoms with Crippen LogP contribution in [0.5, 0.6) is 0 Å². The molecular formula is C30H41ClN8O3S. The molecule has 1 amide bonds. The van der Waals surface area contributed by atoms with Gasteiger partial charge in [-0.1, -0.05) is 23.7 Å². The van der Waals surface area contributed by atoms with Gasteiger partial charge in [-0.05, 0) is 63.1 Å². The summed E-state index contributed by atoms with van der Waals surface area (Å²) in [5.74, 6) is 1.40. The van der Waals surface area contributed by atoms with Gasteiger partial charge < -0.3 is 20.4 Å². The Labute approximate surface area is 258 Å². The zero-order valence-electron chi connectivity index (χ0n) is 25.1. The molecule has 2 N–H and O–H groups in total. The maximum absolute atomic E-state index is 14.8. The Bertz CT molecular complexity index is 1610. The largest absolute Gasteiger partial charge is 0.359 e. The summed E-state index contributed by atoms with van der Waals surface area (Å²) in [5.41, 5.74) is 6.81. The first kappa shape index (κ1) is 30.1. The number of benzene rings is 1. The van der Waals surface area contributed by atoms with Crippen molar-refractivity contribution in [1.82, 2.24) is 23.8 Å². The van der Waals surface area contributed by atoms with Crippen LogP contribution in [0.3, 0.4) is 0 Å². The van der Waals surface area contributed by atoms with Crippen LogP contribution in [0, 0.1) is 0 Å². The number of carbonyl (C=O) groups excluding carboxylic acids is 1. The van der Waals surface area contributed by atoms with Crippen molar-refractivity contribution >= 4 is 44.8 Å². The molecule has 2 aromatic heterocycles. The van der Waals surface area contributed by atoms with Gasteiger partial charge in [0.25, 0.3) is 0 Å². The summed E-state index contributed by atoms with van der Waals surface area (Å²) in [6.45, 7) is 4.44. The molecule has 1 aromatic carbocycles. The predicted octanol–water partition coefficient (Wildman–Crippen LogP) is 3.38. The fraction of sp³-hybridized carbons (Fsp3) is 0.567. The molecule has 2 saturated heterocycles. The highest BCUT2D eigenvalue weighted by molar-refractivity contribution is 7.89. The number of hydrogen-bond acceptors (Lipinski definition) is 8. The maximum atomic E-state index is 14.8. The van der Waals surface area contributed by atoms with Crippen LogP contribution in [-0.2, 0) is 20.4 Å². The minimum Gasteiger partial charge on any atom is -0.359 e. The van der Waals surface area contributed by atoms with Gasteiger partial charge in [0.2, 0.25) is 15.9 Å². The molecule has 3 aromatic rings. The van der Waals surface area contributed by atoms with Gasteiger partial charge >= 0.3 is 0 Å². The molecule has 43 heavy (non-hydrogen) atoms. The molecule has 2 bridgehead atoms. The summed E-state index contributed by atoms with van der Waals surface area (Å²) in [7, 11) is -0.268. The molecule has 11 nitrogen and oxygen atoms in total. The Hall–Kier alpha value is -2.93. The molecule has 6 rings (SSSR count). The van der Waals surface area contributed by atoms with E-state index in [1.54, 1.807) is 31.2 Å². The number of likely N-dealkylation sites (N-methyl/N-ethyl adjacent to an activating group) is 1. The van der Waals surface area contributed by atoms with E-state index < -0.39 is 15.6 Å². The normalized spacial score (nSPS) is 27.4. The van der Waals surface area contributed by atoms with E-state index in [1.165, 1.54) is 11.4 Å². The number of piperidine rings is 1. The van der Waals surface area contributed by atoms with Crippen molar-refractivity contribution in [3.8, 4) is 0 Å². The number of hydrogen-bond donors (Lipinski definition) is 1. The van der Waals surface area contributed by atoms with Crippen LogP contribution in [-0.4, -0.2) is 90.2 Å². The molecule has 3 aliphatic heterocycles. The average molecular weight is 629 g/mol. The lowest BCUT2D eigenvalue weighted by Gasteiger charge is -2.44. The molecule has 2 fully saturated rings. The van der Waals surface area contributed by atoms with Crippen LogP contribution in [0.4, 0.5) is 11.6 Å². The quantitative estimate of drug-likeness (QED) is 0.459. The highest BCUT2D eigenvalue weighted by Gasteiger charge is 2.49. The van der Waals surface area contributed by atoms with Gasteiger partial charge in [-0.3, -0.25) is 4.79 Å². The van der Waals surface area contributed by atoms with Crippen LogP contribution in [0.2, 0.25) is 5.02 Å². The summed E-state index contributed by atoms with van der Waals surface area (Å²) < 4.78 is 30.8. The minimum atomic E-state index is -3.80. The lowest BCUT2D eigenvalue weighted by atomic mass is 9.88. The molecule has 232 valence electrons. The summed E-state index contributed by atoms with van der Waals surface area (Å²) in [6.07, 6.45) is 4.49. The predicted molar refractivity (Wildman–Crippen MR) is 169 cm³/mol. The first-order valence-electron chi connectivity index (χ1n) is 15.2. The second-order valence-corrected chi connectivity index (χ2v) is 14.9. The molecule has 5 heterocycles. The van der Waals surface area contributed by atoms with E-state index in [0.29, 0.717) is 36.5 Å². The smallest absolute Gasteiger partial charge is 0.248 e. The monoisotopic (exact) mass is 628 g/mol. The van der Waals surface area contributed by atoms with Crippen molar-refractivity contribution in [2.75, 3.05) is 55.8 Å². The molecule has 0 aliphatic carbocycles. The van der Waals surface area contributed by atoms with Crippen LogP contribution >= 0.6 is 11.6 Å². The fourth-order valence-corrected chi connectivity index (χ4v) is 8.40. The third kappa shape index (κ3) is 5.47. The fourth-order valence-electron chi connectivity index (χ4n) is 6.69. The molecule has 3 unspecified atom stereocenters. The van der Waals surface area contributed by atoms with E-state index in [0.717, 1.165) is 61.7 Å². The SMILES string of the molecule is CN1CCCCS(=O)(=O)N(C)C(C)(c2ccc(Cl)cc2)C(=O)N2CCCCC2c2cc3nc(N4CCC(N)C4)cc1n3n2. The number of aromatic nitrogens is 3. The van der Waals surface area contributed by atoms with Crippen molar-refractivity contribution in [3.63, 3.8) is 0 Å². The first-order chi connectivity index (χ1) is 20.5. The number of sulfonamides is 1. The van der Waals surface area contributed by atoms with Crippen LogP contribution in [0.25, 0.3) is 5.65 Å². The van der Waals surface area contributed by atoms with Crippen molar-refractivity contribution in [1.29, 1.82) is 0 Å². The molecule has 13 heteroatoms. The van der Waals surface area contributed by atoms with Gasteiger partial charge in [0.1, 0.15) is 17.2 Å². The van der Waals surface area contributed by atoms with Gasteiger partial charge in [-0.2, -0.15) is 13.9 Å². The molecule has 0 saturated carbocycles. The Morgan fingerprint density at radius 1 is 1.00 bits per heavy atom. The molecule has 0 spiro atoms. The Morgan fingerprint density at radius 2 is 1.74 bits per heavy atom. The Morgan fingerprint density at radius 3 is 2.47 bits per heavy atom. The molecule has 3 aliphatic rings. The third-order valence-corrected chi connectivity index (χ3v) is 11.7. The number of carbonyl (C=O) groups is 1. The zero-order valence-corrected chi connectivity index (χ0v) is 26.7. The number of nitrogens with two attached hydrogens (primary N) is 1. The van der Waals surface area contributed by atoms with Gasteiger partial charge in [0.15, 0.2) is 5.65 Å². The van der Waals surface area contributed by atoms with Gasteiger partial charge in [0, 0.05) is 63.5 Å². The number of anilines is 2. The number of halogens is 1. The van der Waals surface area contributed by atoms with Crippen LogP contribution < -0.4 is 15.5 Å². The maximum Gasteiger partial charge on any atom is 0.248 e. The first-order valence-corrected chi connectivity index (χ1v) is 17.1. The van der Waals surface area contributed by atoms with E-state index in [9.17, 15) is 13.2 Å². The summed E-state index contributed by atoms with van der Waals surface area (Å²) in [5, 5.41) is 5.58.